The summed E-state index contributed by atoms with van der Waals surface area (Å²) in [7, 11) is 9.78. The van der Waals surface area contributed by atoms with Gasteiger partial charge in [-0.2, -0.15) is 12.1 Å². The Morgan fingerprint density at radius 2 is 0.641 bits per heavy atom. The second kappa shape index (κ2) is 14.8. The van der Waals surface area contributed by atoms with Crippen LogP contribution in [0.25, 0.3) is 10.6 Å². The summed E-state index contributed by atoms with van der Waals surface area (Å²) in [5, 5.41) is 12.0. The third-order valence-electron chi connectivity index (χ3n) is 13.3. The van der Waals surface area contributed by atoms with Crippen molar-refractivity contribution in [1.82, 2.24) is 0 Å². The fourth-order valence-corrected chi connectivity index (χ4v) is 11.7. The molecular formula is C34H56Cl2N2Ti-2. The molecule has 0 saturated heterocycles. The van der Waals surface area contributed by atoms with E-state index in [4.69, 9.17) is 29.2 Å². The molecule has 7 aliphatic carbocycles. The van der Waals surface area contributed by atoms with Crippen LogP contribution in [0.4, 0.5) is 0 Å². The summed E-state index contributed by atoms with van der Waals surface area (Å²) in [6.45, 7) is 0. The van der Waals surface area contributed by atoms with Crippen molar-refractivity contribution in [3.05, 3.63) is 10.6 Å². The molecule has 2 nitrogen and oxygen atoms in total. The molecule has 7 fully saturated rings. The second-order valence-electron chi connectivity index (χ2n) is 15.1. The zero-order chi connectivity index (χ0) is 26.6. The molecule has 0 heterocycles. The van der Waals surface area contributed by atoms with Gasteiger partial charge >= 0.3 is 35.6 Å². The Morgan fingerprint density at radius 3 is 0.949 bits per heavy atom. The van der Waals surface area contributed by atoms with Gasteiger partial charge in [0, 0.05) is 0 Å². The first-order chi connectivity index (χ1) is 19.3. The van der Waals surface area contributed by atoms with Gasteiger partial charge in [-0.15, -0.1) is 12.1 Å². The Morgan fingerprint density at radius 1 is 0.385 bits per heavy atom. The van der Waals surface area contributed by atoms with Crippen molar-refractivity contribution in [1.29, 1.82) is 0 Å². The van der Waals surface area contributed by atoms with E-state index in [2.05, 4.69) is 0 Å². The predicted molar refractivity (Wildman–Crippen MR) is 163 cm³/mol. The van der Waals surface area contributed by atoms with Crippen molar-refractivity contribution in [2.45, 2.75) is 165 Å². The predicted octanol–water partition coefficient (Wildman–Crippen LogP) is 11.2. The van der Waals surface area contributed by atoms with E-state index in [1.54, 1.807) is 12.8 Å². The minimum absolute atomic E-state index is 0.556. The molecule has 0 spiro atoms. The minimum atomic E-state index is -0.556. The van der Waals surface area contributed by atoms with Crippen molar-refractivity contribution in [2.75, 3.05) is 0 Å². The summed E-state index contributed by atoms with van der Waals surface area (Å²) in [4.78, 5) is 0. The van der Waals surface area contributed by atoms with E-state index in [-0.39, 0.29) is 0 Å². The van der Waals surface area contributed by atoms with Crippen molar-refractivity contribution in [3.63, 3.8) is 0 Å². The molecule has 0 radical (unpaired) electrons. The Hall–Kier alpha value is 1.21. The SMILES string of the molecule is C1CCC2C(C1)CC1CCCCC1C2[N-]C1CCCCC1[N-]C1C2CCCCC2CC2CCCCC21.[Cl][Ti][Cl]. The maximum absolute atomic E-state index is 6.02. The Balaban J connectivity index is 0.000000883. The fraction of sp³-hybridized carbons (Fsp3) is 1.00. The van der Waals surface area contributed by atoms with Crippen molar-refractivity contribution in [3.8, 4) is 0 Å². The molecule has 7 aliphatic rings. The number of hydrogen-bond acceptors (Lipinski definition) is 0. The van der Waals surface area contributed by atoms with E-state index in [1.807, 2.05) is 0 Å². The van der Waals surface area contributed by atoms with Crippen LogP contribution in [-0.4, -0.2) is 24.2 Å². The molecule has 0 N–H and O–H groups in total. The first-order valence-corrected chi connectivity index (χ1v) is 21.9. The van der Waals surface area contributed by atoms with Crippen molar-refractivity contribution >= 4 is 18.6 Å². The van der Waals surface area contributed by atoms with Crippen LogP contribution in [0.15, 0.2) is 0 Å². The monoisotopic (exact) mass is 610 g/mol. The summed E-state index contributed by atoms with van der Waals surface area (Å²) in [6.07, 6.45) is 32.7. The van der Waals surface area contributed by atoms with Crippen molar-refractivity contribution in [2.24, 2.45) is 47.3 Å². The molecule has 39 heavy (non-hydrogen) atoms. The molecule has 222 valence electrons. The maximum atomic E-state index is 6.02. The van der Waals surface area contributed by atoms with E-state index in [9.17, 15) is 0 Å². The molecule has 0 bridgehead atoms. The molecule has 0 aliphatic heterocycles. The van der Waals surface area contributed by atoms with Crippen LogP contribution in [0.3, 0.4) is 0 Å². The van der Waals surface area contributed by atoms with Crippen LogP contribution < -0.4 is 0 Å². The van der Waals surface area contributed by atoms with Crippen LogP contribution in [0.5, 0.6) is 0 Å². The first-order valence-electron chi connectivity index (χ1n) is 17.6. The molecule has 10 atom stereocenters. The van der Waals surface area contributed by atoms with Gasteiger partial charge in [-0.3, -0.25) is 0 Å². The van der Waals surface area contributed by atoms with Gasteiger partial charge in [-0.25, -0.2) is 0 Å². The van der Waals surface area contributed by atoms with Crippen LogP contribution in [0.2, 0.25) is 0 Å². The third kappa shape index (κ3) is 6.98. The van der Waals surface area contributed by atoms with Crippen LogP contribution in [-0.2, 0) is 17.0 Å². The molecule has 10 unspecified atom stereocenters. The van der Waals surface area contributed by atoms with Gasteiger partial charge in [0.05, 0.1) is 0 Å². The third-order valence-corrected chi connectivity index (χ3v) is 13.3. The molecule has 0 amide bonds. The van der Waals surface area contributed by atoms with Gasteiger partial charge in [0.25, 0.3) is 0 Å². The van der Waals surface area contributed by atoms with Crippen LogP contribution in [0.1, 0.15) is 141 Å². The zero-order valence-corrected chi connectivity index (χ0v) is 27.7. The summed E-state index contributed by atoms with van der Waals surface area (Å²) in [6, 6.07) is 2.54. The van der Waals surface area contributed by atoms with Gasteiger partial charge in [-0.1, -0.05) is 152 Å². The van der Waals surface area contributed by atoms with E-state index in [0.717, 1.165) is 47.3 Å². The number of hydrogen-bond donors (Lipinski definition) is 0. The van der Waals surface area contributed by atoms with Gasteiger partial charge in [0.15, 0.2) is 0 Å². The normalized spacial score (nSPS) is 47.7. The van der Waals surface area contributed by atoms with E-state index >= 15 is 0 Å². The molecule has 5 heteroatoms. The van der Waals surface area contributed by atoms with Gasteiger partial charge in [0.1, 0.15) is 0 Å². The molecule has 0 aromatic carbocycles. The quantitative estimate of drug-likeness (QED) is 0.283. The number of nitrogens with zero attached hydrogens (tertiary/aromatic N) is 2. The number of fused-ring (bicyclic) bond motifs is 4. The second-order valence-corrected chi connectivity index (χ2v) is 17.7. The van der Waals surface area contributed by atoms with E-state index < -0.39 is 17.0 Å². The summed E-state index contributed by atoms with van der Waals surface area (Å²) < 4.78 is 0. The molecule has 7 rings (SSSR count). The van der Waals surface area contributed by atoms with Crippen LogP contribution >= 0.6 is 18.6 Å². The first kappa shape index (κ1) is 30.2. The molecular weight excluding hydrogens is 555 g/mol. The Labute approximate surface area is 257 Å². The van der Waals surface area contributed by atoms with Gasteiger partial charge < -0.3 is 10.6 Å². The molecule has 0 aromatic heterocycles. The average molecular weight is 612 g/mol. The van der Waals surface area contributed by atoms with Gasteiger partial charge in [-0.05, 0) is 36.5 Å². The van der Waals surface area contributed by atoms with Crippen molar-refractivity contribution < 1.29 is 17.0 Å². The molecule has 0 aromatic rings. The molecule has 7 saturated carbocycles. The van der Waals surface area contributed by atoms with E-state index in [1.165, 1.54) is 128 Å². The van der Waals surface area contributed by atoms with Gasteiger partial charge in [0.2, 0.25) is 0 Å². The number of rotatable bonds is 4. The average Bonchev–Trinajstić information content (AvgIpc) is 2.98. The topological polar surface area (TPSA) is 28.2 Å². The van der Waals surface area contributed by atoms with Crippen LogP contribution in [0, 0.1) is 47.3 Å². The summed E-state index contributed by atoms with van der Waals surface area (Å²) in [5.74, 6) is 7.76. The fourth-order valence-electron chi connectivity index (χ4n) is 11.7. The zero-order valence-electron chi connectivity index (χ0n) is 24.6. The summed E-state index contributed by atoms with van der Waals surface area (Å²) >= 11 is -0.556. The standard InChI is InChI=1S/C34H56N2.2ClH.Ti/c1-5-15-27-23(11-1)21-24-12-2-6-16-28(24)33(27)35-31-19-9-10-20-32(31)36-34-29-17-7-3-13-25(29)22-26-14-4-8-18-30(26)34;;;/h23-34H,1-22H2;2*1H;/q-2;;;+2/p-2. The Bertz CT molecular complexity index is 649. The Kier molecular flexibility index (Phi) is 11.5. The summed E-state index contributed by atoms with van der Waals surface area (Å²) in [5.41, 5.74) is 0. The van der Waals surface area contributed by atoms with E-state index in [0.29, 0.717) is 24.2 Å². The number of halogens is 2.